The molecule has 29 heavy (non-hydrogen) atoms. The molecule has 1 atom stereocenters. The lowest BCUT2D eigenvalue weighted by molar-refractivity contribution is 0.0683. The zero-order valence-corrected chi connectivity index (χ0v) is 17.4. The molecule has 1 saturated heterocycles. The number of imidazole rings is 1. The zero-order valence-electron chi connectivity index (χ0n) is 16.6. The van der Waals surface area contributed by atoms with E-state index in [0.717, 1.165) is 57.3 Å². The molecule has 2 aromatic carbocycles. The molecular weight excluding hydrogens is 382 g/mol. The van der Waals surface area contributed by atoms with E-state index in [1.807, 2.05) is 47.4 Å². The fourth-order valence-electron chi connectivity index (χ4n) is 4.09. The van der Waals surface area contributed by atoms with Gasteiger partial charge in [-0.2, -0.15) is 0 Å². The van der Waals surface area contributed by atoms with Crippen LogP contribution in [0.15, 0.2) is 48.7 Å². The molecule has 0 radical (unpaired) electrons. The summed E-state index contributed by atoms with van der Waals surface area (Å²) in [5.41, 5.74) is 3.84. The van der Waals surface area contributed by atoms with Gasteiger partial charge in [-0.1, -0.05) is 18.3 Å². The smallest absolute Gasteiger partial charge is 0.253 e. The van der Waals surface area contributed by atoms with Gasteiger partial charge in [0.15, 0.2) is 4.96 Å². The monoisotopic (exact) mass is 405 g/mol. The second-order valence-electron chi connectivity index (χ2n) is 7.79. The van der Waals surface area contributed by atoms with Gasteiger partial charge in [0, 0.05) is 30.4 Å². The van der Waals surface area contributed by atoms with Crippen molar-refractivity contribution in [3.63, 3.8) is 0 Å². The fourth-order valence-corrected chi connectivity index (χ4v) is 5.14. The first-order valence-corrected chi connectivity index (χ1v) is 10.8. The molecule has 2 aromatic heterocycles. The number of piperidine rings is 1. The summed E-state index contributed by atoms with van der Waals surface area (Å²) >= 11 is 1.62. The second-order valence-corrected chi connectivity index (χ2v) is 8.80. The maximum atomic E-state index is 12.9. The summed E-state index contributed by atoms with van der Waals surface area (Å²) in [6.45, 7) is 3.94. The Morgan fingerprint density at radius 2 is 2.03 bits per heavy atom. The van der Waals surface area contributed by atoms with E-state index in [-0.39, 0.29) is 5.91 Å². The van der Waals surface area contributed by atoms with E-state index in [2.05, 4.69) is 17.5 Å². The van der Waals surface area contributed by atoms with Crippen molar-refractivity contribution in [3.8, 4) is 17.0 Å². The number of aromatic nitrogens is 2. The number of benzene rings is 2. The predicted octanol–water partition coefficient (Wildman–Crippen LogP) is 5.10. The first kappa shape index (κ1) is 18.2. The Labute approximate surface area is 173 Å². The van der Waals surface area contributed by atoms with E-state index < -0.39 is 0 Å². The van der Waals surface area contributed by atoms with Gasteiger partial charge in [0.25, 0.3) is 5.91 Å². The number of carbonyl (C=O) groups is 1. The summed E-state index contributed by atoms with van der Waals surface area (Å²) in [7, 11) is 1.67. The Morgan fingerprint density at radius 3 is 2.79 bits per heavy atom. The third-order valence-corrected chi connectivity index (χ3v) is 6.69. The Morgan fingerprint density at radius 1 is 1.21 bits per heavy atom. The van der Waals surface area contributed by atoms with Crippen LogP contribution >= 0.6 is 11.3 Å². The van der Waals surface area contributed by atoms with Crippen molar-refractivity contribution in [2.45, 2.75) is 19.8 Å². The highest BCUT2D eigenvalue weighted by atomic mass is 32.1. The van der Waals surface area contributed by atoms with Crippen molar-refractivity contribution in [2.75, 3.05) is 20.2 Å². The Hall–Kier alpha value is -2.86. The lowest BCUT2D eigenvalue weighted by Gasteiger charge is -2.31. The molecular formula is C23H23N3O2S. The SMILES string of the molecule is COc1ccc(-c2cn3c(n2)sc2cc(C(=O)N4CCC[C@@H](C)C4)ccc23)cc1. The highest BCUT2D eigenvalue weighted by Gasteiger charge is 2.22. The maximum absolute atomic E-state index is 12.9. The van der Waals surface area contributed by atoms with Crippen molar-refractivity contribution in [3.05, 3.63) is 54.2 Å². The highest BCUT2D eigenvalue weighted by molar-refractivity contribution is 7.23. The molecule has 5 rings (SSSR count). The van der Waals surface area contributed by atoms with E-state index in [1.165, 1.54) is 6.42 Å². The summed E-state index contributed by atoms with van der Waals surface area (Å²) in [6.07, 6.45) is 4.36. The lowest BCUT2D eigenvalue weighted by Crippen LogP contribution is -2.39. The summed E-state index contributed by atoms with van der Waals surface area (Å²) in [6, 6.07) is 13.9. The van der Waals surface area contributed by atoms with E-state index in [0.29, 0.717) is 5.92 Å². The number of ether oxygens (including phenoxy) is 1. The third kappa shape index (κ3) is 3.27. The van der Waals surface area contributed by atoms with Crippen molar-refractivity contribution in [1.29, 1.82) is 0 Å². The fraction of sp³-hybridized carbons (Fsp3) is 0.304. The number of carbonyl (C=O) groups excluding carboxylic acids is 1. The lowest BCUT2D eigenvalue weighted by atomic mass is 9.99. The number of hydrogen-bond acceptors (Lipinski definition) is 4. The van der Waals surface area contributed by atoms with Gasteiger partial charge in [-0.25, -0.2) is 4.98 Å². The molecule has 5 nitrogen and oxygen atoms in total. The molecule has 0 bridgehead atoms. The number of amides is 1. The molecule has 6 heteroatoms. The molecule has 1 aliphatic rings. The number of likely N-dealkylation sites (tertiary alicyclic amines) is 1. The third-order valence-electron chi connectivity index (χ3n) is 5.67. The van der Waals surface area contributed by atoms with Crippen LogP contribution < -0.4 is 4.74 Å². The van der Waals surface area contributed by atoms with E-state index in [1.54, 1.807) is 18.4 Å². The molecule has 3 heterocycles. The van der Waals surface area contributed by atoms with Crippen molar-refractivity contribution in [1.82, 2.24) is 14.3 Å². The standard InChI is InChI=1S/C23H23N3O2S/c1-15-4-3-11-25(13-15)22(27)17-7-10-20-21(12-17)29-23-24-19(14-26(20)23)16-5-8-18(28-2)9-6-16/h5-10,12,14-15H,3-4,11,13H2,1-2H3/t15-/m1/s1. The largest absolute Gasteiger partial charge is 0.497 e. The van der Waals surface area contributed by atoms with Gasteiger partial charge < -0.3 is 9.64 Å². The minimum atomic E-state index is 0.142. The number of methoxy groups -OCH3 is 1. The number of nitrogens with zero attached hydrogens (tertiary/aromatic N) is 3. The Bertz CT molecular complexity index is 1190. The molecule has 0 unspecified atom stereocenters. The quantitative estimate of drug-likeness (QED) is 0.477. The van der Waals surface area contributed by atoms with Gasteiger partial charge in [0.2, 0.25) is 0 Å². The molecule has 0 aliphatic carbocycles. The molecule has 4 aromatic rings. The van der Waals surface area contributed by atoms with E-state index in [9.17, 15) is 4.79 Å². The maximum Gasteiger partial charge on any atom is 0.253 e. The number of fused-ring (bicyclic) bond motifs is 3. The van der Waals surface area contributed by atoms with Crippen molar-refractivity contribution < 1.29 is 9.53 Å². The van der Waals surface area contributed by atoms with Gasteiger partial charge in [-0.15, -0.1) is 0 Å². The molecule has 0 spiro atoms. The molecule has 1 fully saturated rings. The first-order chi connectivity index (χ1) is 14.1. The van der Waals surface area contributed by atoms with E-state index >= 15 is 0 Å². The predicted molar refractivity (Wildman–Crippen MR) is 117 cm³/mol. The first-order valence-electron chi connectivity index (χ1n) is 9.98. The van der Waals surface area contributed by atoms with Crippen LogP contribution in [0.3, 0.4) is 0 Å². The van der Waals surface area contributed by atoms with Gasteiger partial charge in [-0.3, -0.25) is 9.20 Å². The Balaban J connectivity index is 1.47. The summed E-state index contributed by atoms with van der Waals surface area (Å²) in [5, 5.41) is 0. The van der Waals surface area contributed by atoms with E-state index in [4.69, 9.17) is 9.72 Å². The zero-order chi connectivity index (χ0) is 20.0. The average Bonchev–Trinajstić information content (AvgIpc) is 3.31. The van der Waals surface area contributed by atoms with Crippen LogP contribution in [0.4, 0.5) is 0 Å². The van der Waals surface area contributed by atoms with Crippen LogP contribution in [0.25, 0.3) is 26.4 Å². The number of thiazole rings is 1. The topological polar surface area (TPSA) is 46.8 Å². The van der Waals surface area contributed by atoms with Gasteiger partial charge >= 0.3 is 0 Å². The van der Waals surface area contributed by atoms with Crippen LogP contribution in [0, 0.1) is 5.92 Å². The van der Waals surface area contributed by atoms with Crippen molar-refractivity contribution >= 4 is 32.4 Å². The number of rotatable bonds is 3. The van der Waals surface area contributed by atoms with Crippen LogP contribution in [0.2, 0.25) is 0 Å². The minimum Gasteiger partial charge on any atom is -0.497 e. The van der Waals surface area contributed by atoms with Gasteiger partial charge in [0.05, 0.1) is 23.0 Å². The minimum absolute atomic E-state index is 0.142. The van der Waals surface area contributed by atoms with Crippen LogP contribution in [-0.4, -0.2) is 40.4 Å². The summed E-state index contributed by atoms with van der Waals surface area (Å²) in [4.78, 5) is 20.7. The number of hydrogen-bond donors (Lipinski definition) is 0. The van der Waals surface area contributed by atoms with Crippen molar-refractivity contribution in [2.24, 2.45) is 5.92 Å². The second kappa shape index (κ2) is 7.19. The molecule has 148 valence electrons. The van der Waals surface area contributed by atoms with Crippen LogP contribution in [0.1, 0.15) is 30.1 Å². The molecule has 0 saturated carbocycles. The highest BCUT2D eigenvalue weighted by Crippen LogP contribution is 2.31. The molecule has 1 amide bonds. The molecule has 0 N–H and O–H groups in total. The van der Waals surface area contributed by atoms with Gasteiger partial charge in [0.1, 0.15) is 5.75 Å². The van der Waals surface area contributed by atoms with Crippen LogP contribution in [-0.2, 0) is 0 Å². The summed E-state index contributed by atoms with van der Waals surface area (Å²) < 4.78 is 8.43. The summed E-state index contributed by atoms with van der Waals surface area (Å²) in [5.74, 6) is 1.56. The normalized spacial score (nSPS) is 17.2. The van der Waals surface area contributed by atoms with Gasteiger partial charge in [-0.05, 0) is 61.2 Å². The Kier molecular flexibility index (Phi) is 4.51. The average molecular weight is 406 g/mol. The van der Waals surface area contributed by atoms with Crippen LogP contribution in [0.5, 0.6) is 5.75 Å². The molecule has 1 aliphatic heterocycles.